The number of anilines is 1. The number of carbonyl (C=O) groups is 1. The van der Waals surface area contributed by atoms with Gasteiger partial charge in [0.15, 0.2) is 0 Å². The summed E-state index contributed by atoms with van der Waals surface area (Å²) in [6.45, 7) is 4.02. The van der Waals surface area contributed by atoms with E-state index < -0.39 is 11.7 Å². The molecule has 1 N–H and O–H groups in total. The Morgan fingerprint density at radius 1 is 1.46 bits per heavy atom. The number of rotatable bonds is 4. The van der Waals surface area contributed by atoms with E-state index in [0.717, 1.165) is 0 Å². The minimum Gasteiger partial charge on any atom is -0.360 e. The van der Waals surface area contributed by atoms with Crippen LogP contribution in [0.5, 0.6) is 0 Å². The molecule has 0 unspecified atom stereocenters. The molecule has 24 heavy (non-hydrogen) atoms. The first-order valence-electron chi connectivity index (χ1n) is 7.12. The maximum absolute atomic E-state index is 14.2. The van der Waals surface area contributed by atoms with Crippen molar-refractivity contribution in [1.82, 2.24) is 19.9 Å². The lowest BCUT2D eigenvalue weighted by Crippen LogP contribution is -2.17. The van der Waals surface area contributed by atoms with E-state index in [1.165, 1.54) is 24.5 Å². The Hall–Kier alpha value is -2.74. The van der Waals surface area contributed by atoms with Gasteiger partial charge in [-0.3, -0.25) is 14.7 Å². The molecule has 0 bridgehead atoms. The Bertz CT molecular complexity index is 885. The minimum absolute atomic E-state index is 0.0122. The second-order valence-corrected chi connectivity index (χ2v) is 5.36. The van der Waals surface area contributed by atoms with Gasteiger partial charge in [-0.1, -0.05) is 22.8 Å². The van der Waals surface area contributed by atoms with Gasteiger partial charge in [0.2, 0.25) is 5.95 Å². The topological polar surface area (TPSA) is 85.8 Å². The van der Waals surface area contributed by atoms with E-state index >= 15 is 0 Å². The molecular formula is C15H13ClFN5O2. The summed E-state index contributed by atoms with van der Waals surface area (Å²) >= 11 is 6.06. The molecule has 2 aromatic heterocycles. The molecule has 0 fully saturated rings. The highest BCUT2D eigenvalue weighted by Crippen LogP contribution is 2.33. The Kier molecular flexibility index (Phi) is 4.30. The highest BCUT2D eigenvalue weighted by atomic mass is 35.5. The molecule has 1 amide bonds. The number of amides is 1. The summed E-state index contributed by atoms with van der Waals surface area (Å²) in [5.41, 5.74) is 0.140. The lowest BCUT2D eigenvalue weighted by Gasteiger charge is -2.07. The standard InChI is InChI=1S/C15H13ClFN5O2/c1-3-22-7-18-20-15(22)19-14(23)11-8(2)24-21-13(11)12-9(16)5-4-6-10(12)17/h4-7H,3H2,1-2H3,(H,19,20,23). The summed E-state index contributed by atoms with van der Waals surface area (Å²) < 4.78 is 20.9. The fourth-order valence-electron chi connectivity index (χ4n) is 2.28. The normalized spacial score (nSPS) is 10.8. The van der Waals surface area contributed by atoms with Gasteiger partial charge in [0.1, 0.15) is 29.2 Å². The summed E-state index contributed by atoms with van der Waals surface area (Å²) in [6, 6.07) is 4.22. The molecule has 2 heterocycles. The maximum Gasteiger partial charge on any atom is 0.263 e. The summed E-state index contributed by atoms with van der Waals surface area (Å²) in [4.78, 5) is 12.6. The average molecular weight is 350 g/mol. The summed E-state index contributed by atoms with van der Waals surface area (Å²) in [5, 5.41) is 14.1. The smallest absolute Gasteiger partial charge is 0.263 e. The van der Waals surface area contributed by atoms with Crippen molar-refractivity contribution in [3.63, 3.8) is 0 Å². The number of carbonyl (C=O) groups excluding carboxylic acids is 1. The first-order valence-corrected chi connectivity index (χ1v) is 7.50. The molecule has 0 atom stereocenters. The molecule has 0 saturated heterocycles. The van der Waals surface area contributed by atoms with Gasteiger partial charge in [0.25, 0.3) is 5.91 Å². The van der Waals surface area contributed by atoms with E-state index in [2.05, 4.69) is 20.7 Å². The van der Waals surface area contributed by atoms with Crippen molar-refractivity contribution >= 4 is 23.5 Å². The zero-order valence-electron chi connectivity index (χ0n) is 12.9. The van der Waals surface area contributed by atoms with Gasteiger partial charge >= 0.3 is 0 Å². The molecule has 0 aliphatic rings. The molecule has 0 saturated carbocycles. The molecule has 3 aromatic rings. The Labute approximate surface area is 141 Å². The van der Waals surface area contributed by atoms with Gasteiger partial charge in [-0.2, -0.15) is 0 Å². The average Bonchev–Trinajstić information content (AvgIpc) is 3.13. The van der Waals surface area contributed by atoms with Crippen LogP contribution in [0.1, 0.15) is 23.0 Å². The fraction of sp³-hybridized carbons (Fsp3) is 0.200. The van der Waals surface area contributed by atoms with Crippen LogP contribution in [-0.4, -0.2) is 25.8 Å². The number of aromatic nitrogens is 4. The van der Waals surface area contributed by atoms with Crippen LogP contribution in [0.3, 0.4) is 0 Å². The third-order valence-electron chi connectivity index (χ3n) is 3.47. The van der Waals surface area contributed by atoms with Crippen molar-refractivity contribution in [3.05, 3.63) is 46.7 Å². The van der Waals surface area contributed by atoms with Gasteiger partial charge in [-0.05, 0) is 26.0 Å². The van der Waals surface area contributed by atoms with Gasteiger partial charge in [-0.25, -0.2) is 4.39 Å². The number of nitrogens with zero attached hydrogens (tertiary/aromatic N) is 4. The van der Waals surface area contributed by atoms with E-state index in [0.29, 0.717) is 6.54 Å². The van der Waals surface area contributed by atoms with Gasteiger partial charge in [-0.15, -0.1) is 10.2 Å². The fourth-order valence-corrected chi connectivity index (χ4v) is 2.53. The van der Waals surface area contributed by atoms with E-state index in [-0.39, 0.29) is 33.6 Å². The molecular weight excluding hydrogens is 337 g/mol. The Morgan fingerprint density at radius 2 is 2.25 bits per heavy atom. The highest BCUT2D eigenvalue weighted by molar-refractivity contribution is 6.33. The predicted octanol–water partition coefficient (Wildman–Crippen LogP) is 3.31. The largest absolute Gasteiger partial charge is 0.360 e. The van der Waals surface area contributed by atoms with Crippen molar-refractivity contribution in [1.29, 1.82) is 0 Å². The molecule has 0 radical (unpaired) electrons. The van der Waals surface area contributed by atoms with E-state index in [1.807, 2.05) is 6.92 Å². The third kappa shape index (κ3) is 2.76. The summed E-state index contributed by atoms with van der Waals surface area (Å²) in [5.74, 6) is -0.620. The van der Waals surface area contributed by atoms with E-state index in [1.54, 1.807) is 11.5 Å². The number of hydrogen-bond acceptors (Lipinski definition) is 5. The van der Waals surface area contributed by atoms with Gasteiger partial charge < -0.3 is 4.52 Å². The predicted molar refractivity (Wildman–Crippen MR) is 85.3 cm³/mol. The third-order valence-corrected chi connectivity index (χ3v) is 3.79. The van der Waals surface area contributed by atoms with Crippen LogP contribution in [0, 0.1) is 12.7 Å². The molecule has 3 rings (SSSR count). The SMILES string of the molecule is CCn1cnnc1NC(=O)c1c(-c2c(F)cccc2Cl)noc1C. The van der Waals surface area contributed by atoms with Crippen LogP contribution in [0.25, 0.3) is 11.3 Å². The quantitative estimate of drug-likeness (QED) is 0.781. The zero-order valence-corrected chi connectivity index (χ0v) is 13.6. The molecule has 0 aliphatic heterocycles. The van der Waals surface area contributed by atoms with Gasteiger partial charge in [0.05, 0.1) is 10.6 Å². The van der Waals surface area contributed by atoms with Crippen molar-refractivity contribution in [3.8, 4) is 11.3 Å². The molecule has 124 valence electrons. The molecule has 9 heteroatoms. The van der Waals surface area contributed by atoms with Crippen LogP contribution in [-0.2, 0) is 6.54 Å². The zero-order chi connectivity index (χ0) is 17.3. The van der Waals surface area contributed by atoms with Crippen molar-refractivity contribution < 1.29 is 13.7 Å². The monoisotopic (exact) mass is 349 g/mol. The number of benzene rings is 1. The van der Waals surface area contributed by atoms with Crippen molar-refractivity contribution in [2.45, 2.75) is 20.4 Å². The minimum atomic E-state index is -0.596. The van der Waals surface area contributed by atoms with Crippen LogP contribution in [0.4, 0.5) is 10.3 Å². The highest BCUT2D eigenvalue weighted by Gasteiger charge is 2.26. The summed E-state index contributed by atoms with van der Waals surface area (Å²) in [6.07, 6.45) is 1.49. The lowest BCUT2D eigenvalue weighted by atomic mass is 10.0. The maximum atomic E-state index is 14.2. The van der Waals surface area contributed by atoms with Gasteiger partial charge in [0, 0.05) is 6.54 Å². The molecule has 0 aliphatic carbocycles. The lowest BCUT2D eigenvalue weighted by molar-refractivity contribution is 0.102. The van der Waals surface area contributed by atoms with Crippen LogP contribution >= 0.6 is 11.6 Å². The van der Waals surface area contributed by atoms with E-state index in [4.69, 9.17) is 16.1 Å². The van der Waals surface area contributed by atoms with Crippen molar-refractivity contribution in [2.24, 2.45) is 0 Å². The summed E-state index contributed by atoms with van der Waals surface area (Å²) in [7, 11) is 0. The van der Waals surface area contributed by atoms with E-state index in [9.17, 15) is 9.18 Å². The number of nitrogens with one attached hydrogen (secondary N) is 1. The second-order valence-electron chi connectivity index (χ2n) is 4.95. The Morgan fingerprint density at radius 3 is 2.96 bits per heavy atom. The number of halogens is 2. The Balaban J connectivity index is 2.03. The second kappa shape index (κ2) is 6.40. The molecule has 0 spiro atoms. The van der Waals surface area contributed by atoms with Crippen LogP contribution in [0.2, 0.25) is 5.02 Å². The molecule has 7 nitrogen and oxygen atoms in total. The first-order chi connectivity index (χ1) is 11.5. The first kappa shape index (κ1) is 16.1. The molecule has 1 aromatic carbocycles. The van der Waals surface area contributed by atoms with Crippen LogP contribution in [0.15, 0.2) is 29.0 Å². The van der Waals surface area contributed by atoms with Crippen LogP contribution < -0.4 is 5.32 Å². The van der Waals surface area contributed by atoms with Crippen molar-refractivity contribution in [2.75, 3.05) is 5.32 Å². The number of aryl methyl sites for hydroxylation is 2. The number of hydrogen-bond donors (Lipinski definition) is 1.